The number of nitrogens with zero attached hydrogens (tertiary/aromatic N) is 1. The smallest absolute Gasteiger partial charge is 0.354 e. The number of fused-ring (bicyclic) bond motifs is 1. The highest BCUT2D eigenvalue weighted by atomic mass is 32.2. The molecule has 0 bridgehead atoms. The zero-order chi connectivity index (χ0) is 24.3. The quantitative estimate of drug-likeness (QED) is 0.232. The standard InChI is InChI=1S/C19H19N3O9S2/c1-30-18(28)11(19(29)31-2)14(24)20-9-7-33-16-12(15(25)22(16)13(9)17(26)27)21-10(23)6-8-4-3-5-32-8/h3-5,11-12,16H,6-7H2,1-2H3,(H,20,24)(H,21,23)(H,26,27)/t12?,16-/m0/s1. The minimum Gasteiger partial charge on any atom is -0.477 e. The molecule has 0 saturated carbocycles. The van der Waals surface area contributed by atoms with Crippen molar-refractivity contribution < 1.29 is 43.3 Å². The van der Waals surface area contributed by atoms with Crippen LogP contribution in [0.2, 0.25) is 0 Å². The van der Waals surface area contributed by atoms with Crippen molar-refractivity contribution in [3.05, 3.63) is 33.8 Å². The Balaban J connectivity index is 1.76. The summed E-state index contributed by atoms with van der Waals surface area (Å²) in [4.78, 5) is 74.8. The van der Waals surface area contributed by atoms with E-state index >= 15 is 0 Å². The first-order chi connectivity index (χ1) is 15.7. The molecule has 1 unspecified atom stereocenters. The van der Waals surface area contributed by atoms with Crippen LogP contribution in [0.3, 0.4) is 0 Å². The topological polar surface area (TPSA) is 168 Å². The molecule has 14 heteroatoms. The van der Waals surface area contributed by atoms with Crippen molar-refractivity contribution in [3.8, 4) is 0 Å². The second-order valence-electron chi connectivity index (χ2n) is 6.81. The van der Waals surface area contributed by atoms with Crippen LogP contribution in [0.4, 0.5) is 0 Å². The van der Waals surface area contributed by atoms with Gasteiger partial charge in [0, 0.05) is 10.6 Å². The Hall–Kier alpha value is -3.39. The van der Waals surface area contributed by atoms with Gasteiger partial charge in [0.15, 0.2) is 5.70 Å². The van der Waals surface area contributed by atoms with Gasteiger partial charge in [-0.1, -0.05) is 6.07 Å². The monoisotopic (exact) mass is 497 g/mol. The van der Waals surface area contributed by atoms with Crippen molar-refractivity contribution in [1.82, 2.24) is 15.5 Å². The van der Waals surface area contributed by atoms with Crippen LogP contribution in [0.15, 0.2) is 28.9 Å². The molecular weight excluding hydrogens is 478 g/mol. The molecule has 3 amide bonds. The van der Waals surface area contributed by atoms with Gasteiger partial charge in [0.1, 0.15) is 11.4 Å². The summed E-state index contributed by atoms with van der Waals surface area (Å²) in [7, 11) is 1.94. The van der Waals surface area contributed by atoms with Crippen LogP contribution in [0.5, 0.6) is 0 Å². The normalized spacial score (nSPS) is 19.4. The van der Waals surface area contributed by atoms with E-state index in [4.69, 9.17) is 0 Å². The molecule has 2 atom stereocenters. The number of esters is 2. The summed E-state index contributed by atoms with van der Waals surface area (Å²) in [5, 5.41) is 15.6. The van der Waals surface area contributed by atoms with Gasteiger partial charge in [0.25, 0.3) is 5.91 Å². The minimum absolute atomic E-state index is 0.0613. The highest BCUT2D eigenvalue weighted by molar-refractivity contribution is 8.00. The van der Waals surface area contributed by atoms with Crippen molar-refractivity contribution in [2.24, 2.45) is 5.92 Å². The molecule has 2 aliphatic heterocycles. The molecule has 33 heavy (non-hydrogen) atoms. The average Bonchev–Trinajstić information content (AvgIpc) is 3.29. The van der Waals surface area contributed by atoms with Gasteiger partial charge in [-0.25, -0.2) is 4.79 Å². The molecule has 3 rings (SSSR count). The Morgan fingerprint density at radius 3 is 2.42 bits per heavy atom. The summed E-state index contributed by atoms with van der Waals surface area (Å²) in [6.45, 7) is 0. The van der Waals surface area contributed by atoms with E-state index in [1.54, 1.807) is 12.1 Å². The summed E-state index contributed by atoms with van der Waals surface area (Å²) >= 11 is 2.51. The number of methoxy groups -OCH3 is 2. The molecule has 1 saturated heterocycles. The van der Waals surface area contributed by atoms with E-state index in [0.29, 0.717) is 0 Å². The number of hydrogen-bond acceptors (Lipinski definition) is 10. The number of hydrogen-bond donors (Lipinski definition) is 3. The predicted molar refractivity (Wildman–Crippen MR) is 113 cm³/mol. The molecule has 3 N–H and O–H groups in total. The summed E-state index contributed by atoms with van der Waals surface area (Å²) in [6.07, 6.45) is 0.0875. The lowest BCUT2D eigenvalue weighted by Gasteiger charge is -2.49. The molecule has 1 aromatic rings. The highest BCUT2D eigenvalue weighted by Crippen LogP contribution is 2.39. The maximum absolute atomic E-state index is 12.7. The Labute approximate surface area is 195 Å². The van der Waals surface area contributed by atoms with E-state index < -0.39 is 52.8 Å². The van der Waals surface area contributed by atoms with Gasteiger partial charge in [-0.05, 0) is 11.4 Å². The first kappa shape index (κ1) is 24.3. The highest BCUT2D eigenvalue weighted by Gasteiger charge is 2.54. The Morgan fingerprint density at radius 1 is 1.21 bits per heavy atom. The maximum atomic E-state index is 12.7. The number of carbonyl (C=O) groups is 6. The van der Waals surface area contributed by atoms with Crippen LogP contribution in [0, 0.1) is 5.92 Å². The fourth-order valence-corrected chi connectivity index (χ4v) is 5.26. The number of thiophene rings is 1. The summed E-state index contributed by atoms with van der Waals surface area (Å²) < 4.78 is 8.87. The number of rotatable bonds is 8. The minimum atomic E-state index is -1.97. The second-order valence-corrected chi connectivity index (χ2v) is 8.95. The predicted octanol–water partition coefficient (Wildman–Crippen LogP) is -0.935. The number of ether oxygens (including phenoxy) is 2. The summed E-state index contributed by atoms with van der Waals surface area (Å²) in [6, 6.07) is 2.66. The second kappa shape index (κ2) is 10.0. The van der Waals surface area contributed by atoms with E-state index in [1.165, 1.54) is 11.3 Å². The lowest BCUT2D eigenvalue weighted by atomic mass is 10.0. The molecule has 3 heterocycles. The third kappa shape index (κ3) is 4.85. The van der Waals surface area contributed by atoms with Crippen molar-refractivity contribution in [2.45, 2.75) is 17.8 Å². The molecular formula is C19H19N3O9S2. The van der Waals surface area contributed by atoms with Gasteiger partial charge in [-0.3, -0.25) is 28.9 Å². The molecule has 0 radical (unpaired) electrons. The molecule has 1 fully saturated rings. The van der Waals surface area contributed by atoms with Gasteiger partial charge in [-0.2, -0.15) is 0 Å². The molecule has 176 valence electrons. The van der Waals surface area contributed by atoms with Crippen molar-refractivity contribution in [3.63, 3.8) is 0 Å². The number of amides is 3. The van der Waals surface area contributed by atoms with Gasteiger partial charge in [0.05, 0.1) is 26.3 Å². The fraction of sp³-hybridized carbons (Fsp3) is 0.368. The molecule has 0 aliphatic carbocycles. The van der Waals surface area contributed by atoms with Gasteiger partial charge < -0.3 is 25.2 Å². The van der Waals surface area contributed by atoms with E-state index in [0.717, 1.165) is 35.8 Å². The Morgan fingerprint density at radius 2 is 1.88 bits per heavy atom. The zero-order valence-corrected chi connectivity index (χ0v) is 19.0. The lowest BCUT2D eigenvalue weighted by molar-refractivity contribution is -0.162. The van der Waals surface area contributed by atoms with Crippen LogP contribution in [0.25, 0.3) is 0 Å². The summed E-state index contributed by atoms with van der Waals surface area (Å²) in [5.74, 6) is -8.10. The Bertz CT molecular complexity index is 1020. The van der Waals surface area contributed by atoms with Crippen LogP contribution in [0.1, 0.15) is 4.88 Å². The van der Waals surface area contributed by atoms with E-state index in [2.05, 4.69) is 20.1 Å². The van der Waals surface area contributed by atoms with Crippen LogP contribution in [-0.4, -0.2) is 77.0 Å². The van der Waals surface area contributed by atoms with Crippen molar-refractivity contribution in [1.29, 1.82) is 0 Å². The molecule has 1 aromatic heterocycles. The average molecular weight is 498 g/mol. The molecule has 0 aromatic carbocycles. The Kier molecular flexibility index (Phi) is 7.38. The third-order valence-electron chi connectivity index (χ3n) is 4.81. The van der Waals surface area contributed by atoms with E-state index in [-0.39, 0.29) is 23.8 Å². The van der Waals surface area contributed by atoms with Gasteiger partial charge >= 0.3 is 17.9 Å². The number of nitrogens with one attached hydrogen (secondary N) is 2. The molecule has 0 spiro atoms. The van der Waals surface area contributed by atoms with Gasteiger partial charge in [0.2, 0.25) is 17.7 Å². The van der Waals surface area contributed by atoms with Gasteiger partial charge in [-0.15, -0.1) is 23.1 Å². The summed E-state index contributed by atoms with van der Waals surface area (Å²) in [5.41, 5.74) is -0.683. The molecule has 2 aliphatic rings. The van der Waals surface area contributed by atoms with Crippen LogP contribution < -0.4 is 10.6 Å². The number of β-lactam (4-membered cyclic amide) rings is 1. The number of carbonyl (C=O) groups excluding carboxylic acids is 5. The van der Waals surface area contributed by atoms with E-state index in [1.807, 2.05) is 5.38 Å². The van der Waals surface area contributed by atoms with Crippen LogP contribution >= 0.6 is 23.1 Å². The lowest BCUT2D eigenvalue weighted by Crippen LogP contribution is -2.71. The third-order valence-corrected chi connectivity index (χ3v) is 6.97. The zero-order valence-electron chi connectivity index (χ0n) is 17.4. The van der Waals surface area contributed by atoms with Crippen molar-refractivity contribution in [2.75, 3.05) is 20.0 Å². The van der Waals surface area contributed by atoms with Crippen molar-refractivity contribution >= 4 is 58.7 Å². The largest absolute Gasteiger partial charge is 0.477 e. The molecule has 12 nitrogen and oxygen atoms in total. The first-order valence-electron chi connectivity index (χ1n) is 9.39. The number of carboxylic acid groups (broad SMARTS) is 1. The number of thioether (sulfide) groups is 1. The maximum Gasteiger partial charge on any atom is 0.354 e. The first-order valence-corrected chi connectivity index (χ1v) is 11.3. The fourth-order valence-electron chi connectivity index (χ4n) is 3.28. The van der Waals surface area contributed by atoms with E-state index in [9.17, 15) is 33.9 Å². The SMILES string of the molecule is COC(=O)C(C(=O)NC1=C(C(=O)O)N2C(=O)C(NC(=O)Cc3cccs3)[C@@H]2SC1)C(=O)OC. The number of aliphatic carboxylic acids is 1. The van der Waals surface area contributed by atoms with Crippen LogP contribution in [-0.2, 0) is 44.7 Å². The number of carboxylic acids is 1.